The molecule has 0 aliphatic carbocycles. The number of allylic oxidation sites excluding steroid dienone is 1. The third kappa shape index (κ3) is 10.8. The Morgan fingerprint density at radius 1 is 1.57 bits per heavy atom. The maximum atomic E-state index is 3.60. The molecule has 0 aromatic carbocycles. The van der Waals surface area contributed by atoms with Gasteiger partial charge in [-0.3, -0.25) is 0 Å². The number of unbranched alkanes of at least 4 members (excludes halogenated alkanes) is 2. The predicted molar refractivity (Wildman–Crippen MR) is 29.7 cm³/mol. The van der Waals surface area contributed by atoms with Crippen LogP contribution in [-0.4, -0.2) is 0 Å². The Morgan fingerprint density at radius 3 is 2.29 bits per heavy atom. The van der Waals surface area contributed by atoms with Gasteiger partial charge in [-0.1, -0.05) is 25.8 Å². The normalized spacial score (nSPS) is 7.00. The van der Waals surface area contributed by atoms with E-state index in [1.165, 1.54) is 19.3 Å². The van der Waals surface area contributed by atoms with E-state index in [1.54, 1.807) is 0 Å². The van der Waals surface area contributed by atoms with Crippen molar-refractivity contribution in [3.8, 4) is 0 Å². The van der Waals surface area contributed by atoms with E-state index in [2.05, 4.69) is 13.5 Å². The van der Waals surface area contributed by atoms with Gasteiger partial charge in [0.25, 0.3) is 0 Å². The summed E-state index contributed by atoms with van der Waals surface area (Å²) in [4.78, 5) is 0. The monoisotopic (exact) mass is 264 g/mol. The van der Waals surface area contributed by atoms with E-state index in [-0.39, 0.29) is 25.8 Å². The van der Waals surface area contributed by atoms with E-state index in [9.17, 15) is 0 Å². The van der Waals surface area contributed by atoms with Gasteiger partial charge >= 0.3 is 0 Å². The Balaban J connectivity index is 0. The zero-order valence-electron chi connectivity index (χ0n) is 4.91. The quantitative estimate of drug-likeness (QED) is 0.416. The molecule has 0 saturated heterocycles. The van der Waals surface area contributed by atoms with Crippen molar-refractivity contribution in [1.29, 1.82) is 0 Å². The van der Waals surface area contributed by atoms with Crippen LogP contribution in [0.3, 0.4) is 0 Å². The van der Waals surface area contributed by atoms with Crippen molar-refractivity contribution in [2.75, 3.05) is 0 Å². The summed E-state index contributed by atoms with van der Waals surface area (Å²) in [7, 11) is 0. The predicted octanol–water partition coefficient (Wildman–Crippen LogP) is 2.36. The zero-order chi connectivity index (χ0) is 4.83. The Morgan fingerprint density at radius 2 is 2.14 bits per heavy atom. The number of hydrogen-bond donors (Lipinski definition) is 0. The van der Waals surface area contributed by atoms with Crippen molar-refractivity contribution in [2.24, 2.45) is 0 Å². The minimum atomic E-state index is 0. The van der Waals surface area contributed by atoms with Crippen LogP contribution in [0.4, 0.5) is 0 Å². The Kier molecular flexibility index (Phi) is 14.8. The average Bonchev–Trinajstić information content (AvgIpc) is 1.61. The first-order valence-electron chi connectivity index (χ1n) is 2.52. The first-order valence-corrected chi connectivity index (χ1v) is 2.52. The molecule has 1 heteroatoms. The topological polar surface area (TPSA) is 0 Å². The maximum absolute atomic E-state index is 3.60. The molecule has 0 bridgehead atoms. The molecule has 0 aromatic heterocycles. The van der Waals surface area contributed by atoms with E-state index in [1.807, 2.05) is 6.08 Å². The second-order valence-corrected chi connectivity index (χ2v) is 1.43. The molecular formula is C6H12Hf. The molecule has 0 aliphatic rings. The minimum absolute atomic E-state index is 0. The molecule has 0 rings (SSSR count). The van der Waals surface area contributed by atoms with E-state index < -0.39 is 0 Å². The molecule has 0 atom stereocenters. The Labute approximate surface area is 64.8 Å². The molecule has 0 nitrogen and oxygen atoms in total. The molecule has 40 valence electrons. The van der Waals surface area contributed by atoms with Gasteiger partial charge in [-0.05, 0) is 6.42 Å². The van der Waals surface area contributed by atoms with Gasteiger partial charge in [-0.15, -0.1) is 6.58 Å². The van der Waals surface area contributed by atoms with Crippen molar-refractivity contribution in [3.63, 3.8) is 0 Å². The van der Waals surface area contributed by atoms with Gasteiger partial charge in [0, 0.05) is 25.8 Å². The van der Waals surface area contributed by atoms with Crippen LogP contribution in [0.1, 0.15) is 26.2 Å². The number of rotatable bonds is 3. The first kappa shape index (κ1) is 10.6. The van der Waals surface area contributed by atoms with Crippen molar-refractivity contribution in [3.05, 3.63) is 12.7 Å². The largest absolute Gasteiger partial charge is 0.103 e. The minimum Gasteiger partial charge on any atom is -0.103 e. The molecule has 0 unspecified atom stereocenters. The van der Waals surface area contributed by atoms with E-state index in [0.29, 0.717) is 0 Å². The summed E-state index contributed by atoms with van der Waals surface area (Å²) >= 11 is 0. The summed E-state index contributed by atoms with van der Waals surface area (Å²) in [6, 6.07) is 0. The second kappa shape index (κ2) is 9.79. The Hall–Kier alpha value is 0.610. The molecule has 0 aliphatic heterocycles. The Bertz CT molecular complexity index is 33.2. The molecular weight excluding hydrogens is 251 g/mol. The SMILES string of the molecule is C=CCCCC.[Hf]. The fourth-order valence-corrected chi connectivity index (χ4v) is 0.348. The molecule has 0 spiro atoms. The van der Waals surface area contributed by atoms with Crippen LogP contribution in [-0.2, 0) is 25.8 Å². The summed E-state index contributed by atoms with van der Waals surface area (Å²) in [5, 5.41) is 0. The molecule has 0 amide bonds. The van der Waals surface area contributed by atoms with E-state index >= 15 is 0 Å². The summed E-state index contributed by atoms with van der Waals surface area (Å²) in [5.41, 5.74) is 0. The summed E-state index contributed by atoms with van der Waals surface area (Å²) in [6.07, 6.45) is 5.72. The molecule has 0 N–H and O–H groups in total. The van der Waals surface area contributed by atoms with Crippen molar-refractivity contribution < 1.29 is 25.8 Å². The second-order valence-electron chi connectivity index (χ2n) is 1.43. The molecule has 0 radical (unpaired) electrons. The van der Waals surface area contributed by atoms with Crippen LogP contribution in [0.5, 0.6) is 0 Å². The third-order valence-corrected chi connectivity index (χ3v) is 0.762. The average molecular weight is 263 g/mol. The third-order valence-electron chi connectivity index (χ3n) is 0.762. The maximum Gasteiger partial charge on any atom is 0 e. The van der Waals surface area contributed by atoms with Gasteiger partial charge in [-0.25, -0.2) is 0 Å². The standard InChI is InChI=1S/C6H12.Hf/c1-3-5-6-4-2;/h3H,1,4-6H2,2H3;. The van der Waals surface area contributed by atoms with Gasteiger partial charge in [0.05, 0.1) is 0 Å². The fraction of sp³-hybridized carbons (Fsp3) is 0.667. The molecule has 0 fully saturated rings. The summed E-state index contributed by atoms with van der Waals surface area (Å²) in [6.45, 7) is 5.78. The summed E-state index contributed by atoms with van der Waals surface area (Å²) < 4.78 is 0. The van der Waals surface area contributed by atoms with Gasteiger partial charge < -0.3 is 0 Å². The van der Waals surface area contributed by atoms with Crippen LogP contribution in [0.15, 0.2) is 12.7 Å². The molecule has 7 heavy (non-hydrogen) atoms. The van der Waals surface area contributed by atoms with Gasteiger partial charge in [-0.2, -0.15) is 0 Å². The summed E-state index contributed by atoms with van der Waals surface area (Å²) in [5.74, 6) is 0. The zero-order valence-corrected chi connectivity index (χ0v) is 8.50. The van der Waals surface area contributed by atoms with Crippen LogP contribution < -0.4 is 0 Å². The van der Waals surface area contributed by atoms with Crippen LogP contribution in [0, 0.1) is 0 Å². The van der Waals surface area contributed by atoms with E-state index in [0.717, 1.165) is 0 Å². The van der Waals surface area contributed by atoms with Crippen LogP contribution in [0.2, 0.25) is 0 Å². The number of hydrogen-bond acceptors (Lipinski definition) is 0. The molecule has 0 aromatic rings. The van der Waals surface area contributed by atoms with Crippen molar-refractivity contribution in [1.82, 2.24) is 0 Å². The van der Waals surface area contributed by atoms with Gasteiger partial charge in [0.1, 0.15) is 0 Å². The van der Waals surface area contributed by atoms with Crippen molar-refractivity contribution >= 4 is 0 Å². The van der Waals surface area contributed by atoms with E-state index in [4.69, 9.17) is 0 Å². The smallest absolute Gasteiger partial charge is 0 e. The van der Waals surface area contributed by atoms with Gasteiger partial charge in [0.2, 0.25) is 0 Å². The first-order chi connectivity index (χ1) is 2.91. The van der Waals surface area contributed by atoms with Gasteiger partial charge in [0.15, 0.2) is 0 Å². The van der Waals surface area contributed by atoms with Crippen LogP contribution in [0.25, 0.3) is 0 Å². The van der Waals surface area contributed by atoms with Crippen molar-refractivity contribution in [2.45, 2.75) is 26.2 Å². The van der Waals surface area contributed by atoms with Crippen LogP contribution >= 0.6 is 0 Å². The molecule has 0 saturated carbocycles. The molecule has 0 heterocycles. The fourth-order valence-electron chi connectivity index (χ4n) is 0.348.